The zero-order valence-corrected chi connectivity index (χ0v) is 30.5. The molecule has 0 amide bonds. The first-order valence-electron chi connectivity index (χ1n) is 26.5. The molecule has 11 aromatic rings. The maximum absolute atomic E-state index is 9.90. The van der Waals surface area contributed by atoms with Gasteiger partial charge in [-0.25, -0.2) is 0 Å². The maximum Gasteiger partial charge on any atom is 0.136 e. The van der Waals surface area contributed by atoms with E-state index in [9.17, 15) is 1.37 Å². The number of nitrogens with zero attached hydrogens (tertiary/aromatic N) is 1. The Hall–Kier alpha value is -7.68. The predicted molar refractivity (Wildman–Crippen MR) is 245 cm³/mol. The fraction of sp³-hybridized carbons (Fsp3) is 0. The van der Waals surface area contributed by atoms with Crippen LogP contribution in [-0.4, -0.2) is 0 Å². The third-order valence-electron chi connectivity index (χ3n) is 10.3. The molecule has 2 heteroatoms. The van der Waals surface area contributed by atoms with Gasteiger partial charge >= 0.3 is 0 Å². The second kappa shape index (κ2) is 14.1. The number of fused-ring (bicyclic) bond motifs is 6. The highest BCUT2D eigenvalue weighted by Crippen LogP contribution is 2.44. The van der Waals surface area contributed by atoms with Crippen LogP contribution >= 0.6 is 0 Å². The number of benzene rings is 10. The molecule has 0 aliphatic carbocycles. The van der Waals surface area contributed by atoms with Crippen LogP contribution in [0.3, 0.4) is 0 Å². The van der Waals surface area contributed by atoms with Crippen LogP contribution in [0.15, 0.2) is 228 Å². The number of hydrogen-bond acceptors (Lipinski definition) is 2. The van der Waals surface area contributed by atoms with E-state index in [1.807, 2.05) is 59.5 Å². The molecule has 10 aromatic carbocycles. The van der Waals surface area contributed by atoms with E-state index in [1.54, 1.807) is 60.7 Å². The monoisotopic (exact) mass is 755 g/mol. The fourth-order valence-electron chi connectivity index (χ4n) is 7.61. The molecule has 0 bridgehead atoms. The third-order valence-corrected chi connectivity index (χ3v) is 10.3. The van der Waals surface area contributed by atoms with Gasteiger partial charge < -0.3 is 9.32 Å². The summed E-state index contributed by atoms with van der Waals surface area (Å²) >= 11 is 0. The first kappa shape index (κ1) is 21.0. The molecule has 1 aromatic heterocycles. The Morgan fingerprint density at radius 1 is 0.362 bits per heavy atom. The Kier molecular flexibility index (Phi) is 5.11. The van der Waals surface area contributed by atoms with Gasteiger partial charge in [-0.2, -0.15) is 0 Å². The number of hydrogen-bond donors (Lipinski definition) is 0. The fourth-order valence-corrected chi connectivity index (χ4v) is 7.61. The zero-order valence-electron chi connectivity index (χ0n) is 46.5. The van der Waals surface area contributed by atoms with Gasteiger partial charge in [-0.15, -0.1) is 0 Å². The molecule has 11 rings (SSSR count). The highest BCUT2D eigenvalue weighted by atomic mass is 16.3. The summed E-state index contributed by atoms with van der Waals surface area (Å²) in [6, 6.07) is 31.8. The topological polar surface area (TPSA) is 16.4 Å². The van der Waals surface area contributed by atoms with Gasteiger partial charge in [0.25, 0.3) is 0 Å². The van der Waals surface area contributed by atoms with Crippen molar-refractivity contribution in [1.82, 2.24) is 0 Å². The molecule has 0 N–H and O–H groups in total. The Labute approximate surface area is 360 Å². The number of anilines is 3. The lowest BCUT2D eigenvalue weighted by Gasteiger charge is -2.27. The summed E-state index contributed by atoms with van der Waals surface area (Å²) in [6.45, 7) is 0. The third kappa shape index (κ3) is 5.91. The first-order chi connectivity index (χ1) is 35.4. The minimum absolute atomic E-state index is 0.00821. The van der Waals surface area contributed by atoms with Crippen LogP contribution in [0, 0.1) is 0 Å². The van der Waals surface area contributed by atoms with E-state index in [0.717, 1.165) is 5.56 Å². The van der Waals surface area contributed by atoms with Crippen LogP contribution in [0.1, 0.15) is 21.9 Å². The van der Waals surface area contributed by atoms with Crippen LogP contribution in [0.2, 0.25) is 0 Å². The summed E-state index contributed by atoms with van der Waals surface area (Å²) in [7, 11) is 0. The Morgan fingerprint density at radius 3 is 2.02 bits per heavy atom. The molecule has 58 heavy (non-hydrogen) atoms. The molecule has 2 nitrogen and oxygen atoms in total. The molecule has 0 aliphatic rings. The highest BCUT2D eigenvalue weighted by Gasteiger charge is 2.19. The van der Waals surface area contributed by atoms with E-state index in [0.29, 0.717) is 66.6 Å². The van der Waals surface area contributed by atoms with Crippen molar-refractivity contribution in [2.45, 2.75) is 0 Å². The van der Waals surface area contributed by atoms with Crippen LogP contribution < -0.4 is 4.90 Å². The lowest BCUT2D eigenvalue weighted by molar-refractivity contribution is 0.669. The van der Waals surface area contributed by atoms with Crippen molar-refractivity contribution in [3.8, 4) is 44.5 Å². The molecule has 272 valence electrons. The Balaban J connectivity index is 1.16. The van der Waals surface area contributed by atoms with Crippen LogP contribution in [0.5, 0.6) is 0 Å². The van der Waals surface area contributed by atoms with Crippen molar-refractivity contribution in [2.24, 2.45) is 0 Å². The standard InChI is InChI=1S/C56H37NO/c1-3-13-38(14-4-1)39-27-30-45(31-28-39)57(46-20-11-19-43(35-46)49-23-12-18-40-17-7-8-21-48(40)49)47-32-33-50(52(37-47)41-15-5-2-6-16-41)44-26-25-42-29-34-55-56(53(42)36-44)51-22-9-10-24-54(51)58-55/h1-37H/i1D,3D,4D,7D,8D,9D,12D,13D,14D,17D,18D,21D,22D,29D,34D,36D. The molecule has 0 fully saturated rings. The Bertz CT molecular complexity index is 4190. The molecular weight excluding hydrogens is 703 g/mol. The van der Waals surface area contributed by atoms with E-state index >= 15 is 0 Å². The predicted octanol–water partition coefficient (Wildman–Crippen LogP) is 16.0. The maximum atomic E-state index is 9.90. The summed E-state index contributed by atoms with van der Waals surface area (Å²) in [5.74, 6) is 0. The van der Waals surface area contributed by atoms with Gasteiger partial charge in [-0.05, 0) is 121 Å². The van der Waals surface area contributed by atoms with Crippen molar-refractivity contribution in [3.63, 3.8) is 0 Å². The van der Waals surface area contributed by atoms with Crippen LogP contribution in [0.4, 0.5) is 17.1 Å². The zero-order chi connectivity index (χ0) is 52.3. The highest BCUT2D eigenvalue weighted by molar-refractivity contribution is 6.19. The van der Waals surface area contributed by atoms with Crippen LogP contribution in [0.25, 0.3) is 88.0 Å². The smallest absolute Gasteiger partial charge is 0.136 e. The van der Waals surface area contributed by atoms with Crippen LogP contribution in [-0.2, 0) is 0 Å². The van der Waals surface area contributed by atoms with E-state index < -0.39 is 36.3 Å². The molecule has 0 spiro atoms. The summed E-state index contributed by atoms with van der Waals surface area (Å²) in [4.78, 5) is 1.91. The van der Waals surface area contributed by atoms with Crippen molar-refractivity contribution in [2.75, 3.05) is 4.90 Å². The molecule has 0 radical (unpaired) electrons. The van der Waals surface area contributed by atoms with Gasteiger partial charge in [-0.3, -0.25) is 0 Å². The van der Waals surface area contributed by atoms with E-state index in [2.05, 4.69) is 0 Å². The molecule has 0 aliphatic heterocycles. The lowest BCUT2D eigenvalue weighted by atomic mass is 9.91. The minimum atomic E-state index is -0.519. The molecular formula is C56H37NO. The second-order valence-electron chi connectivity index (χ2n) is 13.7. The first-order valence-corrected chi connectivity index (χ1v) is 18.5. The number of para-hydroxylation sites is 1. The number of furan rings is 1. The van der Waals surface area contributed by atoms with E-state index in [-0.39, 0.29) is 93.3 Å². The molecule has 0 saturated carbocycles. The molecule has 1 heterocycles. The van der Waals surface area contributed by atoms with Crippen molar-refractivity contribution in [1.29, 1.82) is 0 Å². The van der Waals surface area contributed by atoms with Crippen molar-refractivity contribution < 1.29 is 26.3 Å². The SMILES string of the molecule is [2H]c1cc(-c2cccc(N(c3ccc(-c4c([2H])c([2H])c([2H])c([2H])c4[2H])cc3)c3ccc(-c4ccc5c([2H])c([2H])c6oc7ccc([2H])c([2H])c7c6c5c4[2H])c(-c4ccccc4)c3)c2)c2c([2H])c([2H])c([2H])c([2H])c2c1[2H]. The largest absolute Gasteiger partial charge is 0.456 e. The normalized spacial score (nSPS) is 15.3. The number of rotatable bonds is 7. The van der Waals surface area contributed by atoms with Crippen molar-refractivity contribution >= 4 is 60.5 Å². The quantitative estimate of drug-likeness (QED) is 0.161. The van der Waals surface area contributed by atoms with E-state index in [1.165, 1.54) is 12.1 Å². The Morgan fingerprint density at radius 2 is 1.12 bits per heavy atom. The summed E-state index contributed by atoms with van der Waals surface area (Å²) in [6.07, 6.45) is 0. The van der Waals surface area contributed by atoms with Gasteiger partial charge in [0.05, 0.1) is 21.9 Å². The second-order valence-corrected chi connectivity index (χ2v) is 13.7. The average molecular weight is 756 g/mol. The summed E-state index contributed by atoms with van der Waals surface area (Å²) < 4.78 is 145. The minimum Gasteiger partial charge on any atom is -0.456 e. The van der Waals surface area contributed by atoms with Crippen molar-refractivity contribution in [3.05, 3.63) is 224 Å². The molecule has 0 saturated heterocycles. The van der Waals surface area contributed by atoms with Gasteiger partial charge in [-0.1, -0.05) is 170 Å². The van der Waals surface area contributed by atoms with Gasteiger partial charge in [0.1, 0.15) is 11.2 Å². The molecule has 0 atom stereocenters. The van der Waals surface area contributed by atoms with Gasteiger partial charge in [0, 0.05) is 27.8 Å². The van der Waals surface area contributed by atoms with E-state index in [4.69, 9.17) is 25.0 Å². The van der Waals surface area contributed by atoms with Gasteiger partial charge in [0.2, 0.25) is 0 Å². The molecule has 0 unspecified atom stereocenters. The van der Waals surface area contributed by atoms with Gasteiger partial charge in [0.15, 0.2) is 0 Å². The summed E-state index contributed by atoms with van der Waals surface area (Å²) in [5, 5.41) is 1.17. The average Bonchev–Trinajstić information content (AvgIpc) is 3.81. The lowest BCUT2D eigenvalue weighted by Crippen LogP contribution is -2.10. The summed E-state index contributed by atoms with van der Waals surface area (Å²) in [5.41, 5.74) is 5.64.